The van der Waals surface area contributed by atoms with Crippen LogP contribution in [0.25, 0.3) is 0 Å². The van der Waals surface area contributed by atoms with Crippen molar-refractivity contribution in [3.05, 3.63) is 12.8 Å². The van der Waals surface area contributed by atoms with E-state index in [1.54, 1.807) is 0 Å². The van der Waals surface area contributed by atoms with Crippen molar-refractivity contribution in [3.8, 4) is 0 Å². The normalized spacial score (nSPS) is 24.1. The van der Waals surface area contributed by atoms with Gasteiger partial charge in [-0.3, -0.25) is 4.48 Å². The summed E-state index contributed by atoms with van der Waals surface area (Å²) in [5, 5.41) is 0. The molecule has 0 radical (unpaired) electrons. The van der Waals surface area contributed by atoms with Gasteiger partial charge in [-0.05, 0) is 13.5 Å². The van der Waals surface area contributed by atoms with Gasteiger partial charge in [-0.25, -0.2) is 0 Å². The van der Waals surface area contributed by atoms with Crippen molar-refractivity contribution in [1.82, 2.24) is 0 Å². The van der Waals surface area contributed by atoms with E-state index in [1.807, 2.05) is 0 Å². The van der Waals surface area contributed by atoms with Crippen LogP contribution >= 0.6 is 0 Å². The average Bonchev–Trinajstić information content (AvgIpc) is 2.36. The maximum absolute atomic E-state index is 3.86. The largest absolute Gasteiger partial charge is 0.298 e. The molecule has 0 aromatic heterocycles. The predicted octanol–water partition coefficient (Wildman–Crippen LogP) is 1.76. The number of rotatable bonds is 2. The molecule has 0 bridgehead atoms. The van der Waals surface area contributed by atoms with Gasteiger partial charge in [0.15, 0.2) is 0 Å². The number of hydrogen-bond acceptors (Lipinski definition) is 0. The summed E-state index contributed by atoms with van der Waals surface area (Å²) in [5.74, 6) is 0. The van der Waals surface area contributed by atoms with Crippen LogP contribution in [0.2, 0.25) is 0 Å². The van der Waals surface area contributed by atoms with Crippen LogP contribution in [0.15, 0.2) is 12.8 Å². The summed E-state index contributed by atoms with van der Waals surface area (Å²) in [6, 6.07) is 0. The molecule has 1 rings (SSSR count). The summed E-state index contributed by atoms with van der Waals surface area (Å²) in [6.45, 7) is 9.97. The Hall–Kier alpha value is -0.300. The fourth-order valence-corrected chi connectivity index (χ4v) is 1.59. The molecule has 1 nitrogen and oxygen atoms in total. The molecule has 0 spiro atoms. The maximum Gasteiger partial charge on any atom is 0.0885 e. The summed E-state index contributed by atoms with van der Waals surface area (Å²) in [4.78, 5) is 0. The van der Waals surface area contributed by atoms with Crippen LogP contribution in [-0.2, 0) is 0 Å². The Balaban J connectivity index is 2.55. The lowest BCUT2D eigenvalue weighted by molar-refractivity contribution is -0.864. The van der Waals surface area contributed by atoms with E-state index in [-0.39, 0.29) is 0 Å². The van der Waals surface area contributed by atoms with Gasteiger partial charge in [0, 0.05) is 12.8 Å². The topological polar surface area (TPSA) is 0 Å². The second-order valence-corrected chi connectivity index (χ2v) is 2.87. The number of nitrogens with zero attached hydrogens (tertiary/aromatic N) is 1. The quantitative estimate of drug-likeness (QED) is 0.495. The maximum atomic E-state index is 3.86. The van der Waals surface area contributed by atoms with Crippen molar-refractivity contribution in [2.75, 3.05) is 19.6 Å². The van der Waals surface area contributed by atoms with E-state index in [0.29, 0.717) is 0 Å². The van der Waals surface area contributed by atoms with Gasteiger partial charge in [-0.15, -0.1) is 0 Å². The fourth-order valence-electron chi connectivity index (χ4n) is 1.59. The predicted molar refractivity (Wildman–Crippen MR) is 40.0 cm³/mol. The van der Waals surface area contributed by atoms with Crippen molar-refractivity contribution in [1.29, 1.82) is 0 Å². The molecule has 0 aromatic rings. The lowest BCUT2D eigenvalue weighted by Gasteiger charge is -2.27. The first kappa shape index (κ1) is 6.81. The van der Waals surface area contributed by atoms with E-state index in [9.17, 15) is 0 Å². The molecule has 0 aliphatic carbocycles. The van der Waals surface area contributed by atoms with Crippen molar-refractivity contribution in [2.45, 2.75) is 19.8 Å². The Morgan fingerprint density at radius 1 is 1.44 bits per heavy atom. The van der Waals surface area contributed by atoms with E-state index < -0.39 is 0 Å². The minimum atomic E-state index is 1.15. The van der Waals surface area contributed by atoms with E-state index >= 15 is 0 Å². The van der Waals surface area contributed by atoms with Crippen LogP contribution in [0.5, 0.6) is 0 Å². The highest BCUT2D eigenvalue weighted by Gasteiger charge is 2.26. The smallest absolute Gasteiger partial charge is 0.0885 e. The second kappa shape index (κ2) is 2.53. The van der Waals surface area contributed by atoms with Gasteiger partial charge in [-0.1, -0.05) is 0 Å². The zero-order valence-corrected chi connectivity index (χ0v) is 6.27. The lowest BCUT2D eigenvalue weighted by Crippen LogP contribution is -2.38. The van der Waals surface area contributed by atoms with Gasteiger partial charge in [-0.2, -0.15) is 0 Å². The van der Waals surface area contributed by atoms with Gasteiger partial charge >= 0.3 is 0 Å². The summed E-state index contributed by atoms with van der Waals surface area (Å²) in [6.07, 6.45) is 4.88. The van der Waals surface area contributed by atoms with E-state index in [1.165, 1.54) is 32.5 Å². The molecule has 0 saturated carbocycles. The van der Waals surface area contributed by atoms with Crippen LogP contribution in [0.3, 0.4) is 0 Å². The zero-order valence-electron chi connectivity index (χ0n) is 6.27. The van der Waals surface area contributed by atoms with Crippen LogP contribution in [0.4, 0.5) is 0 Å². The molecule has 0 amide bonds. The first-order valence-electron chi connectivity index (χ1n) is 3.82. The van der Waals surface area contributed by atoms with Gasteiger partial charge in [0.25, 0.3) is 0 Å². The third-order valence-electron chi connectivity index (χ3n) is 2.47. The van der Waals surface area contributed by atoms with Crippen molar-refractivity contribution in [3.63, 3.8) is 0 Å². The summed E-state index contributed by atoms with van der Waals surface area (Å²) in [7, 11) is 0. The summed E-state index contributed by atoms with van der Waals surface area (Å²) in [5.41, 5.74) is 0. The standard InChI is InChI=1S/C8H16N/c1-3-9(4-2)7-5-6-8-9/h3H,1,4-8H2,2H3/q+1. The molecular weight excluding hydrogens is 110 g/mol. The van der Waals surface area contributed by atoms with Crippen LogP contribution in [-0.4, -0.2) is 24.1 Å². The SMILES string of the molecule is C=C[N+]1(CC)CCCC1. The van der Waals surface area contributed by atoms with Crippen LogP contribution in [0, 0.1) is 0 Å². The molecule has 1 aliphatic heterocycles. The Labute approximate surface area is 57.6 Å². The van der Waals surface area contributed by atoms with Crippen molar-refractivity contribution >= 4 is 0 Å². The van der Waals surface area contributed by atoms with Crippen LogP contribution < -0.4 is 0 Å². The number of likely N-dealkylation sites (tertiary alicyclic amines) is 1. The van der Waals surface area contributed by atoms with Crippen molar-refractivity contribution in [2.24, 2.45) is 0 Å². The molecule has 1 saturated heterocycles. The molecule has 1 heteroatoms. The van der Waals surface area contributed by atoms with Crippen molar-refractivity contribution < 1.29 is 4.48 Å². The molecule has 1 heterocycles. The number of quaternary nitrogens is 1. The summed E-state index contributed by atoms with van der Waals surface area (Å²) < 4.78 is 1.15. The van der Waals surface area contributed by atoms with Gasteiger partial charge < -0.3 is 0 Å². The Bertz CT molecular complexity index is 101. The third-order valence-corrected chi connectivity index (χ3v) is 2.47. The lowest BCUT2D eigenvalue weighted by atomic mass is 10.4. The minimum Gasteiger partial charge on any atom is -0.298 e. The van der Waals surface area contributed by atoms with Gasteiger partial charge in [0.1, 0.15) is 0 Å². The molecule has 0 aromatic carbocycles. The fraction of sp³-hybridized carbons (Fsp3) is 0.750. The first-order valence-corrected chi connectivity index (χ1v) is 3.82. The molecule has 0 N–H and O–H groups in total. The van der Waals surface area contributed by atoms with E-state index in [2.05, 4.69) is 19.7 Å². The molecule has 9 heavy (non-hydrogen) atoms. The average molecular weight is 126 g/mol. The molecule has 52 valence electrons. The van der Waals surface area contributed by atoms with Gasteiger partial charge in [0.2, 0.25) is 0 Å². The first-order chi connectivity index (χ1) is 4.33. The molecular formula is C8H16N+. The minimum absolute atomic E-state index is 1.15. The zero-order chi connectivity index (χ0) is 6.74. The highest BCUT2D eigenvalue weighted by Crippen LogP contribution is 2.18. The van der Waals surface area contributed by atoms with Gasteiger partial charge in [0.05, 0.1) is 25.8 Å². The third kappa shape index (κ3) is 1.16. The number of hydrogen-bond donors (Lipinski definition) is 0. The Morgan fingerprint density at radius 2 is 2.00 bits per heavy atom. The second-order valence-electron chi connectivity index (χ2n) is 2.87. The van der Waals surface area contributed by atoms with E-state index in [4.69, 9.17) is 0 Å². The monoisotopic (exact) mass is 126 g/mol. The summed E-state index contributed by atoms with van der Waals surface area (Å²) >= 11 is 0. The molecule has 1 fully saturated rings. The Kier molecular flexibility index (Phi) is 1.91. The van der Waals surface area contributed by atoms with Crippen LogP contribution in [0.1, 0.15) is 19.8 Å². The Morgan fingerprint density at radius 3 is 2.22 bits per heavy atom. The molecule has 1 aliphatic rings. The molecule has 0 atom stereocenters. The van der Waals surface area contributed by atoms with E-state index in [0.717, 1.165) is 4.48 Å². The highest BCUT2D eigenvalue weighted by atomic mass is 15.3. The molecule has 0 unspecified atom stereocenters. The highest BCUT2D eigenvalue weighted by molar-refractivity contribution is 4.62.